The van der Waals surface area contributed by atoms with Crippen molar-refractivity contribution in [1.82, 2.24) is 0 Å². The highest BCUT2D eigenvalue weighted by Gasteiger charge is 1.35. The summed E-state index contributed by atoms with van der Waals surface area (Å²) in [5.41, 5.74) is 0. The summed E-state index contributed by atoms with van der Waals surface area (Å²) >= 11 is 0. The second-order valence-electron chi connectivity index (χ2n) is 0.707. The van der Waals surface area contributed by atoms with Crippen molar-refractivity contribution in [3.05, 3.63) is 0 Å². The molecule has 0 heterocycles. The van der Waals surface area contributed by atoms with Crippen LogP contribution in [0.3, 0.4) is 0 Å². The minimum Gasteiger partial charge on any atom is -0.147 e. The molecule has 0 fully saturated rings. The lowest BCUT2D eigenvalue weighted by Gasteiger charge is -1.48. The van der Waals surface area contributed by atoms with Crippen LogP contribution in [-0.4, -0.2) is 0 Å². The van der Waals surface area contributed by atoms with Crippen LogP contribution in [0.5, 0.6) is 0 Å². The molecule has 0 aliphatic heterocycles. The van der Waals surface area contributed by atoms with Crippen LogP contribution in [0.2, 0.25) is 0 Å². The maximum atomic E-state index is 2.12. The largest absolute Gasteiger partial charge is 0.147 e. The highest BCUT2D eigenvalue weighted by molar-refractivity contribution is 5.86. The standard InChI is InChI=1S/C3H8.4ClH/c1-3-2;;;;/h3H2,1-2H3;4*1H. The van der Waals surface area contributed by atoms with Crippen LogP contribution < -0.4 is 0 Å². The molecule has 0 aromatic rings. The van der Waals surface area contributed by atoms with Gasteiger partial charge >= 0.3 is 0 Å². The first-order valence-electron chi connectivity index (χ1n) is 1.41. The van der Waals surface area contributed by atoms with Crippen LogP contribution in [0.25, 0.3) is 0 Å². The van der Waals surface area contributed by atoms with E-state index in [1.54, 1.807) is 0 Å². The van der Waals surface area contributed by atoms with Crippen molar-refractivity contribution < 1.29 is 0 Å². The Morgan fingerprint density at radius 1 is 0.714 bits per heavy atom. The van der Waals surface area contributed by atoms with Crippen LogP contribution in [0, 0.1) is 0 Å². The van der Waals surface area contributed by atoms with Gasteiger partial charge in [-0.25, -0.2) is 0 Å². The average molecular weight is 190 g/mol. The molecule has 0 atom stereocenters. The van der Waals surface area contributed by atoms with Crippen LogP contribution in [0.4, 0.5) is 0 Å². The summed E-state index contributed by atoms with van der Waals surface area (Å²) in [7, 11) is 0. The quantitative estimate of drug-likeness (QED) is 0.550. The minimum absolute atomic E-state index is 0. The highest BCUT2D eigenvalue weighted by Crippen LogP contribution is 1.56. The number of hydrogen-bond acceptors (Lipinski definition) is 0. The fourth-order valence-electron chi connectivity index (χ4n) is 0. The SMILES string of the molecule is CCC.Cl.Cl.Cl.Cl. The summed E-state index contributed by atoms with van der Waals surface area (Å²) < 4.78 is 0. The maximum Gasteiger partial charge on any atom is -0.0590 e. The molecular formula is C3H12Cl4. The second-order valence-corrected chi connectivity index (χ2v) is 0.707. The topological polar surface area (TPSA) is 0 Å². The average Bonchev–Trinajstić information content (AvgIpc) is 0.918. The third kappa shape index (κ3) is 142. The molecule has 0 aliphatic carbocycles. The summed E-state index contributed by atoms with van der Waals surface area (Å²) in [6.07, 6.45) is 1.25. The lowest BCUT2D eigenvalue weighted by molar-refractivity contribution is 1.09. The molecule has 0 saturated carbocycles. The van der Waals surface area contributed by atoms with E-state index in [0.717, 1.165) is 0 Å². The van der Waals surface area contributed by atoms with Crippen LogP contribution in [-0.2, 0) is 0 Å². The van der Waals surface area contributed by atoms with Crippen LogP contribution in [0.1, 0.15) is 20.3 Å². The lowest BCUT2D eigenvalue weighted by atomic mass is 10.6. The number of hydrogen-bond donors (Lipinski definition) is 0. The first-order valence-corrected chi connectivity index (χ1v) is 1.41. The first-order chi connectivity index (χ1) is 1.41. The van der Waals surface area contributed by atoms with Crippen molar-refractivity contribution in [1.29, 1.82) is 0 Å². The maximum absolute atomic E-state index is 2.12. The fourth-order valence-corrected chi connectivity index (χ4v) is 0. The molecule has 0 aliphatic rings. The zero-order chi connectivity index (χ0) is 2.71. The van der Waals surface area contributed by atoms with E-state index in [2.05, 4.69) is 13.8 Å². The normalized spacial score (nSPS) is 2.57. The molecule has 0 amide bonds. The van der Waals surface area contributed by atoms with Crippen LogP contribution in [0.15, 0.2) is 0 Å². The van der Waals surface area contributed by atoms with E-state index in [0.29, 0.717) is 0 Å². The van der Waals surface area contributed by atoms with Gasteiger partial charge < -0.3 is 0 Å². The third-order valence-electron chi connectivity index (χ3n) is 0. The molecule has 0 aromatic heterocycles. The van der Waals surface area contributed by atoms with E-state index >= 15 is 0 Å². The lowest BCUT2D eigenvalue weighted by Crippen LogP contribution is -1.27. The Labute approximate surface area is 70.1 Å². The van der Waals surface area contributed by atoms with E-state index in [9.17, 15) is 0 Å². The molecule has 4 heteroatoms. The molecule has 0 N–H and O–H groups in total. The van der Waals surface area contributed by atoms with Gasteiger partial charge in [0, 0.05) is 0 Å². The van der Waals surface area contributed by atoms with E-state index < -0.39 is 0 Å². The van der Waals surface area contributed by atoms with E-state index in [4.69, 9.17) is 0 Å². The summed E-state index contributed by atoms with van der Waals surface area (Å²) in [4.78, 5) is 0. The van der Waals surface area contributed by atoms with Gasteiger partial charge in [0.25, 0.3) is 0 Å². The van der Waals surface area contributed by atoms with Gasteiger partial charge in [-0.2, -0.15) is 0 Å². The number of halogens is 4. The minimum atomic E-state index is 0. The molecule has 0 radical (unpaired) electrons. The van der Waals surface area contributed by atoms with E-state index in [1.807, 2.05) is 0 Å². The van der Waals surface area contributed by atoms with Crippen molar-refractivity contribution in [2.24, 2.45) is 0 Å². The first kappa shape index (κ1) is 41.9. The van der Waals surface area contributed by atoms with Crippen molar-refractivity contribution in [3.8, 4) is 0 Å². The monoisotopic (exact) mass is 188 g/mol. The molecule has 0 nitrogen and oxygen atoms in total. The zero-order valence-corrected chi connectivity index (χ0v) is 7.61. The van der Waals surface area contributed by atoms with Gasteiger partial charge in [-0.15, -0.1) is 49.6 Å². The predicted octanol–water partition coefficient (Wildman–Crippen LogP) is 3.10. The van der Waals surface area contributed by atoms with Crippen LogP contribution >= 0.6 is 49.6 Å². The Bertz CT molecular complexity index is 6.90. The summed E-state index contributed by atoms with van der Waals surface area (Å²) in [5, 5.41) is 0. The van der Waals surface area contributed by atoms with Crippen molar-refractivity contribution in [2.45, 2.75) is 20.3 Å². The van der Waals surface area contributed by atoms with Gasteiger partial charge in [-0.05, 0) is 0 Å². The number of rotatable bonds is 0. The Morgan fingerprint density at radius 2 is 0.714 bits per heavy atom. The summed E-state index contributed by atoms with van der Waals surface area (Å²) in [5.74, 6) is 0. The van der Waals surface area contributed by atoms with Crippen molar-refractivity contribution >= 4 is 49.6 Å². The van der Waals surface area contributed by atoms with Gasteiger partial charge in [0.05, 0.1) is 0 Å². The van der Waals surface area contributed by atoms with E-state index in [-0.39, 0.29) is 49.6 Å². The molecule has 7 heavy (non-hydrogen) atoms. The van der Waals surface area contributed by atoms with Gasteiger partial charge in [0.2, 0.25) is 0 Å². The molecule has 0 unspecified atom stereocenters. The molecule has 52 valence electrons. The molecule has 0 saturated heterocycles. The zero-order valence-electron chi connectivity index (χ0n) is 4.34. The van der Waals surface area contributed by atoms with Gasteiger partial charge in [0.15, 0.2) is 0 Å². The van der Waals surface area contributed by atoms with Gasteiger partial charge in [0.1, 0.15) is 0 Å². The Kier molecular flexibility index (Phi) is 349. The van der Waals surface area contributed by atoms with Gasteiger partial charge in [-0.1, -0.05) is 20.3 Å². The molecule has 0 spiro atoms. The van der Waals surface area contributed by atoms with Crippen molar-refractivity contribution in [2.75, 3.05) is 0 Å². The Hall–Kier alpha value is 1.16. The molecular weight excluding hydrogens is 178 g/mol. The second kappa shape index (κ2) is 58.2. The molecule has 0 aromatic carbocycles. The third-order valence-corrected chi connectivity index (χ3v) is 0. The summed E-state index contributed by atoms with van der Waals surface area (Å²) in [6, 6.07) is 0. The van der Waals surface area contributed by atoms with Gasteiger partial charge in [-0.3, -0.25) is 0 Å². The molecule has 0 rings (SSSR count). The van der Waals surface area contributed by atoms with E-state index in [1.165, 1.54) is 6.42 Å². The fraction of sp³-hybridized carbons (Fsp3) is 1.00. The smallest absolute Gasteiger partial charge is 0.0590 e. The van der Waals surface area contributed by atoms with Crippen molar-refractivity contribution in [3.63, 3.8) is 0 Å². The Morgan fingerprint density at radius 3 is 0.714 bits per heavy atom. The highest BCUT2D eigenvalue weighted by atomic mass is 35.5. The molecule has 0 bridgehead atoms. The predicted molar refractivity (Wildman–Crippen MR) is 45.0 cm³/mol. The Balaban J connectivity index is -0.00000000333. The summed E-state index contributed by atoms with van der Waals surface area (Å²) in [6.45, 7) is 4.25.